The Balaban J connectivity index is 0.00000240. The highest BCUT2D eigenvalue weighted by Gasteiger charge is 2.34. The molecule has 2 aliphatic rings. The van der Waals surface area contributed by atoms with Gasteiger partial charge < -0.3 is 15.3 Å². The molecule has 7 nitrogen and oxygen atoms in total. The van der Waals surface area contributed by atoms with Crippen LogP contribution in [0.4, 0.5) is 0 Å². The van der Waals surface area contributed by atoms with Crippen molar-refractivity contribution in [3.8, 4) is 0 Å². The quantitative estimate of drug-likeness (QED) is 0.778. The van der Waals surface area contributed by atoms with Crippen LogP contribution in [0.25, 0.3) is 0 Å². The minimum absolute atomic E-state index is 0. The monoisotopic (exact) mass is 419 g/mol. The van der Waals surface area contributed by atoms with Crippen LogP contribution in [0.1, 0.15) is 66.0 Å². The second-order valence-electron chi connectivity index (χ2n) is 7.91. The number of aliphatic hydroxyl groups is 1. The molecule has 8 heteroatoms. The zero-order chi connectivity index (χ0) is 19.5. The summed E-state index contributed by atoms with van der Waals surface area (Å²) in [5.74, 6) is -0.0551. The van der Waals surface area contributed by atoms with Gasteiger partial charge in [0, 0.05) is 12.6 Å². The lowest BCUT2D eigenvalue weighted by Gasteiger charge is -2.26. The first-order valence-corrected chi connectivity index (χ1v) is 10.3. The second-order valence-corrected chi connectivity index (χ2v) is 7.91. The molecule has 3 heterocycles. The van der Waals surface area contributed by atoms with Crippen molar-refractivity contribution in [1.82, 2.24) is 25.2 Å². The third-order valence-electron chi connectivity index (χ3n) is 6.10. The zero-order valence-electron chi connectivity index (χ0n) is 16.8. The van der Waals surface area contributed by atoms with Gasteiger partial charge in [0.2, 0.25) is 0 Å². The molecule has 2 unspecified atom stereocenters. The molecule has 158 valence electrons. The number of aliphatic hydroxyl groups excluding tert-OH is 1. The van der Waals surface area contributed by atoms with Crippen LogP contribution in [-0.2, 0) is 0 Å². The maximum atomic E-state index is 13.2. The summed E-state index contributed by atoms with van der Waals surface area (Å²) >= 11 is 0. The molecule has 1 aromatic carbocycles. The minimum Gasteiger partial charge on any atom is -0.388 e. The Bertz CT molecular complexity index is 807. The van der Waals surface area contributed by atoms with E-state index >= 15 is 0 Å². The van der Waals surface area contributed by atoms with Crippen LogP contribution >= 0.6 is 12.4 Å². The standard InChI is InChI=1S/C21H29N5O2.ClH/c1-15-20(23-24-26(15)17-9-11-22-12-10-17)21(28)25-13-5-8-18(25)14-19(27)16-6-3-2-4-7-16;/h2-4,6-7,17-19,22,27H,5,8-14H2,1H3;1H. The molecule has 0 aliphatic carbocycles. The molecule has 4 rings (SSSR count). The summed E-state index contributed by atoms with van der Waals surface area (Å²) in [6.45, 7) is 4.60. The van der Waals surface area contributed by atoms with Crippen molar-refractivity contribution in [2.75, 3.05) is 19.6 Å². The van der Waals surface area contributed by atoms with Gasteiger partial charge in [-0.15, -0.1) is 17.5 Å². The molecule has 1 aromatic heterocycles. The Morgan fingerprint density at radius 1 is 1.24 bits per heavy atom. The summed E-state index contributed by atoms with van der Waals surface area (Å²) in [6, 6.07) is 10.0. The van der Waals surface area contributed by atoms with E-state index in [0.717, 1.165) is 50.0 Å². The van der Waals surface area contributed by atoms with E-state index in [-0.39, 0.29) is 24.4 Å². The van der Waals surface area contributed by atoms with Crippen LogP contribution in [-0.4, -0.2) is 56.6 Å². The Labute approximate surface area is 177 Å². The molecule has 2 saturated heterocycles. The van der Waals surface area contributed by atoms with E-state index < -0.39 is 6.10 Å². The summed E-state index contributed by atoms with van der Waals surface area (Å²) < 4.78 is 1.93. The number of carbonyl (C=O) groups excluding carboxylic acids is 1. The largest absolute Gasteiger partial charge is 0.388 e. The van der Waals surface area contributed by atoms with Gasteiger partial charge in [-0.2, -0.15) is 0 Å². The fraction of sp³-hybridized carbons (Fsp3) is 0.571. The van der Waals surface area contributed by atoms with E-state index in [0.29, 0.717) is 24.7 Å². The maximum absolute atomic E-state index is 13.2. The van der Waals surface area contributed by atoms with Crippen molar-refractivity contribution in [3.63, 3.8) is 0 Å². The second kappa shape index (κ2) is 9.69. The van der Waals surface area contributed by atoms with Crippen LogP contribution in [0.2, 0.25) is 0 Å². The van der Waals surface area contributed by atoms with Gasteiger partial charge in [0.25, 0.3) is 5.91 Å². The number of carbonyl (C=O) groups is 1. The molecule has 0 bridgehead atoms. The van der Waals surface area contributed by atoms with E-state index in [2.05, 4.69) is 15.6 Å². The van der Waals surface area contributed by atoms with Crippen molar-refractivity contribution < 1.29 is 9.90 Å². The Morgan fingerprint density at radius 2 is 1.97 bits per heavy atom. The van der Waals surface area contributed by atoms with Crippen molar-refractivity contribution >= 4 is 18.3 Å². The van der Waals surface area contributed by atoms with Crippen molar-refractivity contribution in [3.05, 3.63) is 47.3 Å². The summed E-state index contributed by atoms with van der Waals surface area (Å²) in [5.41, 5.74) is 2.21. The van der Waals surface area contributed by atoms with Gasteiger partial charge in [-0.05, 0) is 57.7 Å². The van der Waals surface area contributed by atoms with Crippen LogP contribution in [0, 0.1) is 6.92 Å². The van der Waals surface area contributed by atoms with Gasteiger partial charge in [0.05, 0.1) is 17.8 Å². The predicted molar refractivity (Wildman–Crippen MR) is 113 cm³/mol. The van der Waals surface area contributed by atoms with Crippen molar-refractivity contribution in [2.24, 2.45) is 0 Å². The van der Waals surface area contributed by atoms with Gasteiger partial charge in [-0.3, -0.25) is 4.79 Å². The number of nitrogens with zero attached hydrogens (tertiary/aromatic N) is 4. The third kappa shape index (κ3) is 4.63. The molecule has 0 radical (unpaired) electrons. The summed E-state index contributed by atoms with van der Waals surface area (Å²) in [6.07, 6.45) is 3.88. The number of likely N-dealkylation sites (tertiary alicyclic amines) is 1. The SMILES string of the molecule is Cc1c(C(=O)N2CCCC2CC(O)c2ccccc2)nnn1C1CCNCC1.Cl. The molecule has 2 atom stereocenters. The number of benzene rings is 1. The summed E-state index contributed by atoms with van der Waals surface area (Å²) in [4.78, 5) is 15.1. The number of nitrogens with one attached hydrogen (secondary N) is 1. The fourth-order valence-electron chi connectivity index (χ4n) is 4.49. The average Bonchev–Trinajstić information content (AvgIpc) is 3.35. The first kappa shape index (κ1) is 21.7. The molecule has 2 aromatic rings. The molecule has 2 aliphatic heterocycles. The Hall–Kier alpha value is -1.96. The number of hydrogen-bond donors (Lipinski definition) is 2. The molecule has 2 fully saturated rings. The average molecular weight is 420 g/mol. The smallest absolute Gasteiger partial charge is 0.276 e. The van der Waals surface area contributed by atoms with Gasteiger partial charge in [-0.1, -0.05) is 35.5 Å². The minimum atomic E-state index is -0.564. The third-order valence-corrected chi connectivity index (χ3v) is 6.10. The first-order valence-electron chi connectivity index (χ1n) is 10.3. The number of amides is 1. The predicted octanol–water partition coefficient (Wildman–Crippen LogP) is 2.66. The zero-order valence-corrected chi connectivity index (χ0v) is 17.6. The number of aromatic nitrogens is 3. The van der Waals surface area contributed by atoms with Gasteiger partial charge in [0.15, 0.2) is 5.69 Å². The molecule has 29 heavy (non-hydrogen) atoms. The Morgan fingerprint density at radius 3 is 2.69 bits per heavy atom. The lowest BCUT2D eigenvalue weighted by molar-refractivity contribution is 0.0660. The van der Waals surface area contributed by atoms with Gasteiger partial charge >= 0.3 is 0 Å². The number of piperidine rings is 1. The van der Waals surface area contributed by atoms with Crippen LogP contribution in [0.15, 0.2) is 30.3 Å². The number of rotatable bonds is 5. The molecular formula is C21H30ClN5O2. The van der Waals surface area contributed by atoms with Crippen molar-refractivity contribution in [2.45, 2.75) is 57.2 Å². The van der Waals surface area contributed by atoms with Crippen LogP contribution < -0.4 is 5.32 Å². The molecule has 0 spiro atoms. The lowest BCUT2D eigenvalue weighted by atomic mass is 10.0. The molecular weight excluding hydrogens is 390 g/mol. The number of hydrogen-bond acceptors (Lipinski definition) is 5. The van der Waals surface area contributed by atoms with Gasteiger partial charge in [-0.25, -0.2) is 4.68 Å². The molecule has 1 amide bonds. The van der Waals surface area contributed by atoms with Crippen LogP contribution in [0.5, 0.6) is 0 Å². The van der Waals surface area contributed by atoms with Crippen LogP contribution in [0.3, 0.4) is 0 Å². The maximum Gasteiger partial charge on any atom is 0.276 e. The van der Waals surface area contributed by atoms with E-state index in [1.54, 1.807) is 0 Å². The summed E-state index contributed by atoms with van der Waals surface area (Å²) in [7, 11) is 0. The van der Waals surface area contributed by atoms with E-state index in [1.807, 2.05) is 46.8 Å². The highest BCUT2D eigenvalue weighted by atomic mass is 35.5. The fourth-order valence-corrected chi connectivity index (χ4v) is 4.49. The highest BCUT2D eigenvalue weighted by Crippen LogP contribution is 2.29. The normalized spacial score (nSPS) is 21.0. The van der Waals surface area contributed by atoms with E-state index in [1.165, 1.54) is 0 Å². The summed E-state index contributed by atoms with van der Waals surface area (Å²) in [5, 5.41) is 22.5. The molecule has 0 saturated carbocycles. The highest BCUT2D eigenvalue weighted by molar-refractivity contribution is 5.93. The first-order chi connectivity index (χ1) is 13.6. The molecule has 2 N–H and O–H groups in total. The topological polar surface area (TPSA) is 83.3 Å². The van der Waals surface area contributed by atoms with E-state index in [9.17, 15) is 9.90 Å². The van der Waals surface area contributed by atoms with Crippen molar-refractivity contribution in [1.29, 1.82) is 0 Å². The van der Waals surface area contributed by atoms with Gasteiger partial charge in [0.1, 0.15) is 0 Å². The Kier molecular flexibility index (Phi) is 7.27. The number of halogens is 1. The lowest BCUT2D eigenvalue weighted by Crippen LogP contribution is -2.37. The van der Waals surface area contributed by atoms with E-state index in [4.69, 9.17) is 0 Å².